The van der Waals surface area contributed by atoms with Gasteiger partial charge in [0.1, 0.15) is 0 Å². The van der Waals surface area contributed by atoms with Crippen molar-refractivity contribution in [3.63, 3.8) is 0 Å². The lowest BCUT2D eigenvalue weighted by Gasteiger charge is -2.06. The molecule has 1 aromatic heterocycles. The largest absolute Gasteiger partial charge is 0.379 e. The molecule has 1 amide bonds. The Hall–Kier alpha value is -1.95. The van der Waals surface area contributed by atoms with Crippen molar-refractivity contribution in [3.05, 3.63) is 40.9 Å². The van der Waals surface area contributed by atoms with E-state index in [0.29, 0.717) is 19.5 Å². The van der Waals surface area contributed by atoms with E-state index in [1.807, 2.05) is 36.6 Å². The Labute approximate surface area is 116 Å². The van der Waals surface area contributed by atoms with Crippen LogP contribution in [0.4, 0.5) is 5.69 Å². The van der Waals surface area contributed by atoms with Crippen LogP contribution in [0.25, 0.3) is 0 Å². The van der Waals surface area contributed by atoms with Gasteiger partial charge in [0.05, 0.1) is 18.7 Å². The molecular weight excluding hydrogens is 260 g/mol. The highest BCUT2D eigenvalue weighted by molar-refractivity contribution is 7.03. The minimum absolute atomic E-state index is 0.0526. The summed E-state index contributed by atoms with van der Waals surface area (Å²) < 4.78 is 3.81. The number of anilines is 1. The Bertz CT molecular complexity index is 510. The van der Waals surface area contributed by atoms with Crippen molar-refractivity contribution in [2.24, 2.45) is 0 Å². The van der Waals surface area contributed by atoms with Gasteiger partial charge in [0.15, 0.2) is 0 Å². The second-order valence-electron chi connectivity index (χ2n) is 4.08. The van der Waals surface area contributed by atoms with Crippen LogP contribution in [0.3, 0.4) is 0 Å². The second kappa shape index (κ2) is 6.84. The van der Waals surface area contributed by atoms with Gasteiger partial charge in [0.25, 0.3) is 0 Å². The number of nitrogens with zero attached hydrogens (tertiary/aromatic N) is 2. The van der Waals surface area contributed by atoms with Gasteiger partial charge in [-0.05, 0) is 36.2 Å². The van der Waals surface area contributed by atoms with E-state index in [4.69, 9.17) is 0 Å². The molecule has 0 saturated heterocycles. The van der Waals surface area contributed by atoms with Gasteiger partial charge in [-0.15, -0.1) is 5.10 Å². The third-order valence-electron chi connectivity index (χ3n) is 2.57. The van der Waals surface area contributed by atoms with Crippen LogP contribution in [0.1, 0.15) is 18.2 Å². The number of nitrogens with one attached hydrogen (secondary N) is 2. The van der Waals surface area contributed by atoms with Crippen LogP contribution in [-0.4, -0.2) is 22.0 Å². The standard InChI is InChI=1S/C13H16N4OS/c1-2-14-13(18)7-10-3-5-11(6-4-10)15-8-12-9-19-17-16-12/h3-6,9,15H,2,7-8H2,1H3,(H,14,18). The van der Waals surface area contributed by atoms with Crippen LogP contribution in [0, 0.1) is 0 Å². The molecule has 1 aromatic carbocycles. The highest BCUT2D eigenvalue weighted by Crippen LogP contribution is 2.11. The molecule has 2 N–H and O–H groups in total. The van der Waals surface area contributed by atoms with E-state index >= 15 is 0 Å². The third-order valence-corrected chi connectivity index (χ3v) is 3.12. The number of aromatic nitrogens is 2. The molecule has 2 aromatic rings. The zero-order chi connectivity index (χ0) is 13.5. The van der Waals surface area contributed by atoms with E-state index in [1.54, 1.807) is 0 Å². The molecule has 1 heterocycles. The molecule has 0 aliphatic carbocycles. The molecule has 0 saturated carbocycles. The first-order valence-corrected chi connectivity index (χ1v) is 6.97. The van der Waals surface area contributed by atoms with Gasteiger partial charge in [0.2, 0.25) is 5.91 Å². The van der Waals surface area contributed by atoms with Gasteiger partial charge in [-0.1, -0.05) is 16.6 Å². The van der Waals surface area contributed by atoms with Gasteiger partial charge < -0.3 is 10.6 Å². The summed E-state index contributed by atoms with van der Waals surface area (Å²) in [5.74, 6) is 0.0526. The fourth-order valence-corrected chi connectivity index (χ4v) is 2.09. The first-order chi connectivity index (χ1) is 9.28. The van der Waals surface area contributed by atoms with Crippen molar-refractivity contribution >= 4 is 23.1 Å². The first kappa shape index (κ1) is 13.5. The zero-order valence-electron chi connectivity index (χ0n) is 10.7. The van der Waals surface area contributed by atoms with Crippen LogP contribution in [0.15, 0.2) is 29.6 Å². The number of likely N-dealkylation sites (N-methyl/N-ethyl adjacent to an activating group) is 1. The minimum Gasteiger partial charge on any atom is -0.379 e. The third kappa shape index (κ3) is 4.33. The Morgan fingerprint density at radius 2 is 2.11 bits per heavy atom. The number of benzene rings is 1. The minimum atomic E-state index is 0.0526. The summed E-state index contributed by atoms with van der Waals surface area (Å²) in [4.78, 5) is 11.4. The Balaban J connectivity index is 1.85. The monoisotopic (exact) mass is 276 g/mol. The van der Waals surface area contributed by atoms with Crippen molar-refractivity contribution in [2.75, 3.05) is 11.9 Å². The highest BCUT2D eigenvalue weighted by atomic mass is 32.1. The van der Waals surface area contributed by atoms with E-state index in [9.17, 15) is 4.79 Å². The Morgan fingerprint density at radius 1 is 1.32 bits per heavy atom. The van der Waals surface area contributed by atoms with Gasteiger partial charge >= 0.3 is 0 Å². The molecule has 19 heavy (non-hydrogen) atoms. The molecule has 0 aliphatic heterocycles. The predicted molar refractivity (Wildman–Crippen MR) is 76.1 cm³/mol. The van der Waals surface area contributed by atoms with Crippen LogP contribution >= 0.6 is 11.5 Å². The number of hydrogen-bond donors (Lipinski definition) is 2. The summed E-state index contributed by atoms with van der Waals surface area (Å²) in [6.07, 6.45) is 0.421. The number of carbonyl (C=O) groups is 1. The number of carbonyl (C=O) groups excluding carboxylic acids is 1. The van der Waals surface area contributed by atoms with Gasteiger partial charge in [-0.3, -0.25) is 4.79 Å². The Morgan fingerprint density at radius 3 is 2.74 bits per heavy atom. The van der Waals surface area contributed by atoms with Crippen molar-refractivity contribution < 1.29 is 4.79 Å². The molecule has 0 spiro atoms. The molecular formula is C13H16N4OS. The topological polar surface area (TPSA) is 66.9 Å². The summed E-state index contributed by atoms with van der Waals surface area (Å²) >= 11 is 1.34. The average molecular weight is 276 g/mol. The molecule has 5 nitrogen and oxygen atoms in total. The number of rotatable bonds is 6. The van der Waals surface area contributed by atoms with Crippen LogP contribution in [-0.2, 0) is 17.8 Å². The lowest BCUT2D eigenvalue weighted by molar-refractivity contribution is -0.120. The van der Waals surface area contributed by atoms with Gasteiger partial charge in [0, 0.05) is 17.6 Å². The fourth-order valence-electron chi connectivity index (χ4n) is 1.64. The summed E-state index contributed by atoms with van der Waals surface area (Å²) in [7, 11) is 0. The number of hydrogen-bond acceptors (Lipinski definition) is 5. The summed E-state index contributed by atoms with van der Waals surface area (Å²) in [5.41, 5.74) is 2.94. The Kier molecular flexibility index (Phi) is 4.85. The van der Waals surface area contributed by atoms with E-state index in [1.165, 1.54) is 11.5 Å². The molecule has 0 fully saturated rings. The maximum Gasteiger partial charge on any atom is 0.224 e. The molecule has 0 atom stereocenters. The van der Waals surface area contributed by atoms with E-state index in [-0.39, 0.29) is 5.91 Å². The quantitative estimate of drug-likeness (QED) is 0.844. The lowest BCUT2D eigenvalue weighted by Crippen LogP contribution is -2.24. The lowest BCUT2D eigenvalue weighted by atomic mass is 10.1. The van der Waals surface area contributed by atoms with Crippen LogP contribution in [0.5, 0.6) is 0 Å². The molecule has 6 heteroatoms. The van der Waals surface area contributed by atoms with Crippen molar-refractivity contribution in [1.29, 1.82) is 0 Å². The number of amides is 1. The van der Waals surface area contributed by atoms with E-state index in [0.717, 1.165) is 16.9 Å². The van der Waals surface area contributed by atoms with Gasteiger partial charge in [-0.25, -0.2) is 0 Å². The molecule has 100 valence electrons. The van der Waals surface area contributed by atoms with E-state index < -0.39 is 0 Å². The SMILES string of the molecule is CCNC(=O)Cc1ccc(NCc2csnn2)cc1. The normalized spacial score (nSPS) is 10.2. The van der Waals surface area contributed by atoms with Crippen LogP contribution in [0.2, 0.25) is 0 Å². The van der Waals surface area contributed by atoms with Crippen LogP contribution < -0.4 is 10.6 Å². The maximum absolute atomic E-state index is 11.4. The second-order valence-corrected chi connectivity index (χ2v) is 4.69. The summed E-state index contributed by atoms with van der Waals surface area (Å²) in [6.45, 7) is 3.24. The van der Waals surface area contributed by atoms with E-state index in [2.05, 4.69) is 20.2 Å². The smallest absolute Gasteiger partial charge is 0.224 e. The predicted octanol–water partition coefficient (Wildman–Crippen LogP) is 1.83. The van der Waals surface area contributed by atoms with Gasteiger partial charge in [-0.2, -0.15) is 0 Å². The molecule has 0 aliphatic rings. The molecule has 0 bridgehead atoms. The van der Waals surface area contributed by atoms with Crippen molar-refractivity contribution in [1.82, 2.24) is 14.9 Å². The maximum atomic E-state index is 11.4. The van der Waals surface area contributed by atoms with Crippen molar-refractivity contribution in [2.45, 2.75) is 19.9 Å². The average Bonchev–Trinajstić information content (AvgIpc) is 2.91. The first-order valence-electron chi connectivity index (χ1n) is 6.13. The fraction of sp³-hybridized carbons (Fsp3) is 0.308. The highest BCUT2D eigenvalue weighted by Gasteiger charge is 2.02. The summed E-state index contributed by atoms with van der Waals surface area (Å²) in [6, 6.07) is 7.84. The summed E-state index contributed by atoms with van der Waals surface area (Å²) in [5, 5.41) is 11.9. The van der Waals surface area contributed by atoms with Crippen molar-refractivity contribution in [3.8, 4) is 0 Å². The molecule has 0 unspecified atom stereocenters. The molecule has 0 radical (unpaired) electrons. The zero-order valence-corrected chi connectivity index (χ0v) is 11.5. The molecule has 2 rings (SSSR count).